The number of hydrogen-bond acceptors (Lipinski definition) is 4. The van der Waals surface area contributed by atoms with Gasteiger partial charge in [0.25, 0.3) is 5.91 Å². The summed E-state index contributed by atoms with van der Waals surface area (Å²) in [5.74, 6) is -1.60. The summed E-state index contributed by atoms with van der Waals surface area (Å²) >= 11 is 0. The van der Waals surface area contributed by atoms with Crippen molar-refractivity contribution in [2.45, 2.75) is 12.1 Å². The maximum absolute atomic E-state index is 14.2. The van der Waals surface area contributed by atoms with E-state index in [2.05, 4.69) is 5.32 Å². The molecule has 3 aromatic rings. The molecule has 0 aliphatic carbocycles. The van der Waals surface area contributed by atoms with E-state index in [4.69, 9.17) is 9.47 Å². The summed E-state index contributed by atoms with van der Waals surface area (Å²) in [4.78, 5) is 27.5. The second kappa shape index (κ2) is 8.30. The molecule has 32 heavy (non-hydrogen) atoms. The van der Waals surface area contributed by atoms with Crippen LogP contribution in [-0.4, -0.2) is 31.1 Å². The van der Waals surface area contributed by atoms with Crippen molar-refractivity contribution in [3.63, 3.8) is 0 Å². The molecule has 3 amide bonds. The van der Waals surface area contributed by atoms with Gasteiger partial charge in [-0.25, -0.2) is 13.6 Å². The van der Waals surface area contributed by atoms with Gasteiger partial charge in [0.2, 0.25) is 0 Å². The molecule has 0 atom stereocenters. The molecule has 6 nitrogen and oxygen atoms in total. The predicted molar refractivity (Wildman–Crippen MR) is 112 cm³/mol. The first-order chi connectivity index (χ1) is 15.4. The normalized spacial score (nSPS) is 14.9. The Labute approximate surface area is 183 Å². The first-order valence-corrected chi connectivity index (χ1v) is 9.76. The van der Waals surface area contributed by atoms with E-state index >= 15 is 0 Å². The second-order valence-corrected chi connectivity index (χ2v) is 7.24. The minimum Gasteiger partial charge on any atom is -0.497 e. The van der Waals surface area contributed by atoms with Crippen LogP contribution < -0.4 is 14.8 Å². The van der Waals surface area contributed by atoms with Crippen molar-refractivity contribution in [2.75, 3.05) is 14.2 Å². The smallest absolute Gasteiger partial charge is 0.325 e. The number of halogens is 2. The Morgan fingerprint density at radius 3 is 1.88 bits per heavy atom. The molecular formula is C24H20F2N2O4. The largest absolute Gasteiger partial charge is 0.497 e. The van der Waals surface area contributed by atoms with E-state index in [9.17, 15) is 18.4 Å². The highest BCUT2D eigenvalue weighted by Gasteiger charge is 2.53. The number of ether oxygens (including phenoxy) is 2. The number of carbonyl (C=O) groups excluding carboxylic acids is 2. The number of rotatable bonds is 6. The molecule has 0 aromatic heterocycles. The Morgan fingerprint density at radius 2 is 1.38 bits per heavy atom. The third kappa shape index (κ3) is 3.43. The van der Waals surface area contributed by atoms with Gasteiger partial charge in [0, 0.05) is 5.56 Å². The molecule has 1 saturated heterocycles. The van der Waals surface area contributed by atoms with Crippen LogP contribution >= 0.6 is 0 Å². The third-order valence-corrected chi connectivity index (χ3v) is 5.51. The monoisotopic (exact) mass is 438 g/mol. The first kappa shape index (κ1) is 21.3. The van der Waals surface area contributed by atoms with Gasteiger partial charge in [0.15, 0.2) is 17.2 Å². The molecule has 1 aliphatic rings. The zero-order valence-corrected chi connectivity index (χ0v) is 17.4. The van der Waals surface area contributed by atoms with Crippen LogP contribution in [0.15, 0.2) is 66.7 Å². The SMILES string of the molecule is COc1ccc(C2(c3ccc(OC)cc3)NC(=O)N(Cc3cccc(F)c3F)C2=O)cc1. The van der Waals surface area contributed by atoms with E-state index < -0.39 is 35.7 Å². The van der Waals surface area contributed by atoms with E-state index in [1.165, 1.54) is 26.4 Å². The van der Waals surface area contributed by atoms with Gasteiger partial charge in [0.1, 0.15) is 11.5 Å². The quantitative estimate of drug-likeness (QED) is 0.592. The topological polar surface area (TPSA) is 67.9 Å². The fraction of sp³-hybridized carbons (Fsp3) is 0.167. The van der Waals surface area contributed by atoms with Crippen LogP contribution in [0.5, 0.6) is 11.5 Å². The molecule has 1 heterocycles. The molecule has 164 valence electrons. The van der Waals surface area contributed by atoms with Crippen LogP contribution in [0.1, 0.15) is 16.7 Å². The molecule has 1 fully saturated rings. The zero-order chi connectivity index (χ0) is 22.9. The highest BCUT2D eigenvalue weighted by molar-refractivity contribution is 6.09. The summed E-state index contributed by atoms with van der Waals surface area (Å²) < 4.78 is 38.3. The number of methoxy groups -OCH3 is 2. The lowest BCUT2D eigenvalue weighted by atomic mass is 9.82. The lowest BCUT2D eigenvalue weighted by Gasteiger charge is -2.28. The number of urea groups is 1. The summed E-state index contributed by atoms with van der Waals surface area (Å²) in [6.45, 7) is -0.414. The molecule has 0 radical (unpaired) electrons. The summed E-state index contributed by atoms with van der Waals surface area (Å²) in [5.41, 5.74) is -0.679. The summed E-state index contributed by atoms with van der Waals surface area (Å²) in [7, 11) is 3.04. The van der Waals surface area contributed by atoms with E-state index in [-0.39, 0.29) is 5.56 Å². The van der Waals surface area contributed by atoms with Gasteiger partial charge < -0.3 is 14.8 Å². The summed E-state index contributed by atoms with van der Waals surface area (Å²) in [5, 5.41) is 2.77. The number of carbonyl (C=O) groups is 2. The van der Waals surface area contributed by atoms with E-state index in [1.807, 2.05) is 0 Å². The van der Waals surface area contributed by atoms with Gasteiger partial charge in [-0.05, 0) is 41.5 Å². The Balaban J connectivity index is 1.81. The maximum Gasteiger partial charge on any atom is 0.325 e. The van der Waals surface area contributed by atoms with E-state index in [0.29, 0.717) is 22.6 Å². The van der Waals surface area contributed by atoms with Crippen LogP contribution in [0.4, 0.5) is 13.6 Å². The van der Waals surface area contributed by atoms with Crippen molar-refractivity contribution in [3.05, 3.63) is 95.1 Å². The number of amides is 3. The van der Waals surface area contributed by atoms with Crippen molar-refractivity contribution in [1.29, 1.82) is 0 Å². The lowest BCUT2D eigenvalue weighted by Crippen LogP contribution is -2.45. The van der Waals surface area contributed by atoms with E-state index in [1.54, 1.807) is 48.5 Å². The Kier molecular flexibility index (Phi) is 5.52. The zero-order valence-electron chi connectivity index (χ0n) is 17.4. The van der Waals surface area contributed by atoms with Gasteiger partial charge in [-0.3, -0.25) is 9.69 Å². The van der Waals surface area contributed by atoms with Crippen molar-refractivity contribution in [1.82, 2.24) is 10.2 Å². The summed E-state index contributed by atoms with van der Waals surface area (Å²) in [6.07, 6.45) is 0. The summed E-state index contributed by atoms with van der Waals surface area (Å²) in [6, 6.07) is 16.3. The van der Waals surface area contributed by atoms with Crippen molar-refractivity contribution < 1.29 is 27.8 Å². The highest BCUT2D eigenvalue weighted by atomic mass is 19.2. The Hall–Kier alpha value is -3.94. The molecule has 1 aliphatic heterocycles. The Bertz CT molecular complexity index is 1120. The minimum atomic E-state index is -1.56. The lowest BCUT2D eigenvalue weighted by molar-refractivity contribution is -0.130. The molecular weight excluding hydrogens is 418 g/mol. The molecule has 3 aromatic carbocycles. The molecule has 0 saturated carbocycles. The van der Waals surface area contributed by atoms with Crippen molar-refractivity contribution in [3.8, 4) is 11.5 Å². The molecule has 0 unspecified atom stereocenters. The molecule has 1 N–H and O–H groups in total. The molecule has 0 bridgehead atoms. The number of nitrogens with zero attached hydrogens (tertiary/aromatic N) is 1. The van der Waals surface area contributed by atoms with Crippen LogP contribution in [0.3, 0.4) is 0 Å². The molecule has 8 heteroatoms. The van der Waals surface area contributed by atoms with Crippen LogP contribution in [0.2, 0.25) is 0 Å². The Morgan fingerprint density at radius 1 is 0.844 bits per heavy atom. The number of hydrogen-bond donors (Lipinski definition) is 1. The maximum atomic E-state index is 14.2. The third-order valence-electron chi connectivity index (χ3n) is 5.51. The van der Waals surface area contributed by atoms with Crippen LogP contribution in [-0.2, 0) is 16.9 Å². The molecule has 0 spiro atoms. The van der Waals surface area contributed by atoms with Gasteiger partial charge in [-0.1, -0.05) is 36.4 Å². The second-order valence-electron chi connectivity index (χ2n) is 7.24. The standard InChI is InChI=1S/C24H20F2N2O4/c1-31-18-10-6-16(7-11-18)24(17-8-12-19(32-2)13-9-17)22(29)28(23(30)27-24)14-15-4-3-5-20(25)21(15)26/h3-13H,14H2,1-2H3,(H,27,30). The molecule has 4 rings (SSSR count). The van der Waals surface area contributed by atoms with E-state index in [0.717, 1.165) is 11.0 Å². The minimum absolute atomic E-state index is 0.103. The fourth-order valence-corrected chi connectivity index (χ4v) is 3.80. The first-order valence-electron chi connectivity index (χ1n) is 9.76. The van der Waals surface area contributed by atoms with Gasteiger partial charge in [0.05, 0.1) is 20.8 Å². The van der Waals surface area contributed by atoms with Crippen LogP contribution in [0.25, 0.3) is 0 Å². The van der Waals surface area contributed by atoms with Gasteiger partial charge in [-0.15, -0.1) is 0 Å². The van der Waals surface area contributed by atoms with Gasteiger partial charge in [-0.2, -0.15) is 0 Å². The number of nitrogens with one attached hydrogen (secondary N) is 1. The predicted octanol–water partition coefficient (Wildman–Crippen LogP) is 3.98. The average Bonchev–Trinajstić information content (AvgIpc) is 3.07. The number of imide groups is 1. The van der Waals surface area contributed by atoms with Gasteiger partial charge >= 0.3 is 6.03 Å². The fourth-order valence-electron chi connectivity index (χ4n) is 3.80. The van der Waals surface area contributed by atoms with Crippen molar-refractivity contribution in [2.24, 2.45) is 0 Å². The van der Waals surface area contributed by atoms with Crippen molar-refractivity contribution >= 4 is 11.9 Å². The number of benzene rings is 3. The highest BCUT2D eigenvalue weighted by Crippen LogP contribution is 2.38. The van der Waals surface area contributed by atoms with Crippen LogP contribution in [0, 0.1) is 11.6 Å². The average molecular weight is 438 g/mol.